The zero-order chi connectivity index (χ0) is 14.9. The lowest BCUT2D eigenvalue weighted by atomic mass is 10.1. The van der Waals surface area contributed by atoms with Crippen molar-refractivity contribution in [3.8, 4) is 0 Å². The Hall–Kier alpha value is -0.600. The van der Waals surface area contributed by atoms with Crippen LogP contribution in [-0.4, -0.2) is 20.5 Å². The molecule has 2 nitrogen and oxygen atoms in total. The van der Waals surface area contributed by atoms with Crippen molar-refractivity contribution in [2.24, 2.45) is 0 Å². The van der Waals surface area contributed by atoms with Gasteiger partial charge in [0.2, 0.25) is 0 Å². The second-order valence-electron chi connectivity index (χ2n) is 5.20. The van der Waals surface area contributed by atoms with Crippen LogP contribution in [0, 0.1) is 0 Å². The van der Waals surface area contributed by atoms with E-state index in [0.29, 0.717) is 0 Å². The van der Waals surface area contributed by atoms with E-state index in [0.717, 1.165) is 6.42 Å². The molecule has 0 saturated carbocycles. The minimum absolute atomic E-state index is 0.0231. The average Bonchev–Trinajstić information content (AvgIpc) is 2.48. The van der Waals surface area contributed by atoms with E-state index in [9.17, 15) is 0 Å². The molecule has 0 aromatic carbocycles. The summed E-state index contributed by atoms with van der Waals surface area (Å²) in [7, 11) is 3.40. The Bertz CT molecular complexity index is 230. The number of hydrogen-bond acceptors (Lipinski definition) is 2. The average molecular weight is 282 g/mol. The number of unbranched alkanes of at least 4 members (excludes halogenated alkanes) is 6. The van der Waals surface area contributed by atoms with Crippen LogP contribution in [0.5, 0.6) is 0 Å². The fraction of sp³-hybridized carbons (Fsp3) is 0.778. The van der Waals surface area contributed by atoms with Gasteiger partial charge in [-0.15, -0.1) is 0 Å². The van der Waals surface area contributed by atoms with Crippen LogP contribution in [0.2, 0.25) is 0 Å². The van der Waals surface area contributed by atoms with Crippen LogP contribution in [0.25, 0.3) is 0 Å². The van der Waals surface area contributed by atoms with Crippen molar-refractivity contribution in [2.75, 3.05) is 14.2 Å². The van der Waals surface area contributed by atoms with Gasteiger partial charge in [0.15, 0.2) is 6.29 Å². The van der Waals surface area contributed by atoms with Gasteiger partial charge < -0.3 is 9.47 Å². The molecule has 0 radical (unpaired) electrons. The first-order valence-corrected chi connectivity index (χ1v) is 8.20. The van der Waals surface area contributed by atoms with Crippen molar-refractivity contribution in [1.82, 2.24) is 0 Å². The van der Waals surface area contributed by atoms with E-state index in [2.05, 4.69) is 31.2 Å². The Kier molecular flexibility index (Phi) is 16.0. The fourth-order valence-electron chi connectivity index (χ4n) is 2.07. The molecule has 20 heavy (non-hydrogen) atoms. The predicted molar refractivity (Wildman–Crippen MR) is 87.9 cm³/mol. The molecule has 0 amide bonds. The third-order valence-electron chi connectivity index (χ3n) is 3.39. The van der Waals surface area contributed by atoms with Gasteiger partial charge >= 0.3 is 0 Å². The van der Waals surface area contributed by atoms with Gasteiger partial charge in [-0.3, -0.25) is 0 Å². The van der Waals surface area contributed by atoms with Crippen LogP contribution >= 0.6 is 0 Å². The second kappa shape index (κ2) is 16.5. The van der Waals surface area contributed by atoms with Crippen LogP contribution < -0.4 is 0 Å². The molecule has 0 aliphatic rings. The topological polar surface area (TPSA) is 18.5 Å². The number of rotatable bonds is 14. The van der Waals surface area contributed by atoms with Crippen molar-refractivity contribution < 1.29 is 9.47 Å². The molecule has 0 heterocycles. The molecular formula is C18H34O2. The predicted octanol–water partition coefficient (Wildman–Crippen LogP) is 5.64. The summed E-state index contributed by atoms with van der Waals surface area (Å²) in [6.45, 7) is 2.24. The van der Waals surface area contributed by atoms with E-state index >= 15 is 0 Å². The quantitative estimate of drug-likeness (QED) is 0.233. The highest BCUT2D eigenvalue weighted by Gasteiger charge is 2.02. The molecule has 0 saturated heterocycles. The summed E-state index contributed by atoms with van der Waals surface area (Å²) in [6.07, 6.45) is 21.4. The summed E-state index contributed by atoms with van der Waals surface area (Å²) >= 11 is 0. The van der Waals surface area contributed by atoms with Crippen molar-refractivity contribution in [1.29, 1.82) is 0 Å². The summed E-state index contributed by atoms with van der Waals surface area (Å²) in [5.74, 6) is 0. The minimum atomic E-state index is -0.0231. The van der Waals surface area contributed by atoms with Crippen LogP contribution in [-0.2, 0) is 9.47 Å². The van der Waals surface area contributed by atoms with E-state index < -0.39 is 0 Å². The van der Waals surface area contributed by atoms with Gasteiger partial charge in [0.1, 0.15) is 0 Å². The van der Waals surface area contributed by atoms with Gasteiger partial charge in [0, 0.05) is 14.2 Å². The highest BCUT2D eigenvalue weighted by atomic mass is 16.7. The number of ether oxygens (including phenoxy) is 2. The van der Waals surface area contributed by atoms with Gasteiger partial charge in [0.25, 0.3) is 0 Å². The Morgan fingerprint density at radius 2 is 1.25 bits per heavy atom. The molecule has 2 heteroatoms. The molecule has 0 aliphatic heterocycles. The SMILES string of the molecule is CCCC/C=C\CC/C=C\CCCCCC(OC)OC. The molecule has 0 aromatic heterocycles. The molecule has 0 spiro atoms. The molecule has 0 N–H and O–H groups in total. The number of allylic oxidation sites excluding steroid dienone is 4. The van der Waals surface area contributed by atoms with E-state index in [1.807, 2.05) is 0 Å². The maximum Gasteiger partial charge on any atom is 0.156 e. The molecule has 0 bridgehead atoms. The Morgan fingerprint density at radius 1 is 0.700 bits per heavy atom. The van der Waals surface area contributed by atoms with E-state index in [1.165, 1.54) is 57.8 Å². The minimum Gasteiger partial charge on any atom is -0.356 e. The van der Waals surface area contributed by atoms with Crippen LogP contribution in [0.3, 0.4) is 0 Å². The molecule has 0 aliphatic carbocycles. The first-order valence-electron chi connectivity index (χ1n) is 8.20. The van der Waals surface area contributed by atoms with Crippen molar-refractivity contribution >= 4 is 0 Å². The zero-order valence-corrected chi connectivity index (χ0v) is 13.8. The Morgan fingerprint density at radius 3 is 1.80 bits per heavy atom. The van der Waals surface area contributed by atoms with Gasteiger partial charge in [-0.1, -0.05) is 50.5 Å². The monoisotopic (exact) mass is 282 g/mol. The first kappa shape index (κ1) is 19.4. The summed E-state index contributed by atoms with van der Waals surface area (Å²) in [5, 5.41) is 0. The molecule has 0 atom stereocenters. The first-order chi connectivity index (χ1) is 9.85. The summed E-state index contributed by atoms with van der Waals surface area (Å²) in [6, 6.07) is 0. The molecule has 0 rings (SSSR count). The molecular weight excluding hydrogens is 248 g/mol. The largest absolute Gasteiger partial charge is 0.356 e. The van der Waals surface area contributed by atoms with E-state index in [-0.39, 0.29) is 6.29 Å². The van der Waals surface area contributed by atoms with Crippen molar-refractivity contribution in [3.05, 3.63) is 24.3 Å². The summed E-state index contributed by atoms with van der Waals surface area (Å²) in [5.41, 5.74) is 0. The lowest BCUT2D eigenvalue weighted by molar-refractivity contribution is -0.107. The highest BCUT2D eigenvalue weighted by Crippen LogP contribution is 2.09. The van der Waals surface area contributed by atoms with Gasteiger partial charge in [-0.2, -0.15) is 0 Å². The third-order valence-corrected chi connectivity index (χ3v) is 3.39. The van der Waals surface area contributed by atoms with Crippen LogP contribution in [0.1, 0.15) is 71.1 Å². The molecule has 0 aromatic rings. The molecule has 0 unspecified atom stereocenters. The van der Waals surface area contributed by atoms with Gasteiger partial charge in [0.05, 0.1) is 0 Å². The molecule has 0 fully saturated rings. The van der Waals surface area contributed by atoms with Crippen LogP contribution in [0.4, 0.5) is 0 Å². The Labute approximate surface area is 126 Å². The number of methoxy groups -OCH3 is 2. The maximum atomic E-state index is 5.16. The van der Waals surface area contributed by atoms with Crippen molar-refractivity contribution in [3.63, 3.8) is 0 Å². The lowest BCUT2D eigenvalue weighted by Gasteiger charge is -2.12. The summed E-state index contributed by atoms with van der Waals surface area (Å²) < 4.78 is 10.3. The smallest absolute Gasteiger partial charge is 0.156 e. The fourth-order valence-corrected chi connectivity index (χ4v) is 2.07. The standard InChI is InChI=1S/C18H34O2/c1-4-5-6-7-8-9-10-11-12-13-14-15-16-17-18(19-2)20-3/h7-8,11-12,18H,4-6,9-10,13-17H2,1-3H3/b8-7-,12-11-. The lowest BCUT2D eigenvalue weighted by Crippen LogP contribution is -2.12. The van der Waals surface area contributed by atoms with Gasteiger partial charge in [-0.25, -0.2) is 0 Å². The second-order valence-corrected chi connectivity index (χ2v) is 5.20. The maximum absolute atomic E-state index is 5.16. The van der Waals surface area contributed by atoms with Crippen LogP contribution in [0.15, 0.2) is 24.3 Å². The van der Waals surface area contributed by atoms with E-state index in [1.54, 1.807) is 14.2 Å². The number of hydrogen-bond donors (Lipinski definition) is 0. The Balaban J connectivity index is 3.25. The normalized spacial score (nSPS) is 12.2. The van der Waals surface area contributed by atoms with E-state index in [4.69, 9.17) is 9.47 Å². The summed E-state index contributed by atoms with van der Waals surface area (Å²) in [4.78, 5) is 0. The highest BCUT2D eigenvalue weighted by molar-refractivity contribution is 4.87. The molecule has 118 valence electrons. The van der Waals surface area contributed by atoms with Crippen molar-refractivity contribution in [2.45, 2.75) is 77.4 Å². The van der Waals surface area contributed by atoms with Gasteiger partial charge in [-0.05, 0) is 44.9 Å². The zero-order valence-electron chi connectivity index (χ0n) is 13.8. The third kappa shape index (κ3) is 13.8.